The highest BCUT2D eigenvalue weighted by Gasteiger charge is 2.31. The molecule has 0 aliphatic carbocycles. The van der Waals surface area contributed by atoms with E-state index in [-0.39, 0.29) is 0 Å². The Morgan fingerprint density at radius 2 is 0.605 bits per heavy atom. The van der Waals surface area contributed by atoms with Gasteiger partial charge in [0.2, 0.25) is 0 Å². The van der Waals surface area contributed by atoms with Crippen LogP contribution in [0.2, 0.25) is 39.3 Å². The molecule has 4 heteroatoms. The third kappa shape index (κ3) is 7.84. The SMILES string of the molecule is C[Si](C)(C)/C=C(/C(=C/[Si](C)(C)C)P(c1ccccc1)c1ccccc1)P(c1ccccc1)c1ccccc1. The first-order chi connectivity index (χ1) is 18.1. The predicted molar refractivity (Wildman–Crippen MR) is 181 cm³/mol. The fourth-order valence-electron chi connectivity index (χ4n) is 4.49. The van der Waals surface area contributed by atoms with Crippen LogP contribution in [-0.2, 0) is 0 Å². The number of rotatable bonds is 9. The molecule has 0 amide bonds. The van der Waals surface area contributed by atoms with E-state index in [0.717, 1.165) is 0 Å². The van der Waals surface area contributed by atoms with Crippen LogP contribution >= 0.6 is 15.8 Å². The minimum absolute atomic E-state index is 0.718. The van der Waals surface area contributed by atoms with Crippen molar-refractivity contribution in [2.24, 2.45) is 0 Å². The lowest BCUT2D eigenvalue weighted by Crippen LogP contribution is -2.25. The van der Waals surface area contributed by atoms with Gasteiger partial charge in [-0.15, -0.1) is 0 Å². The standard InChI is InChI=1S/C34H40P2Si2/c1-37(2,3)27-33(35(29-19-11-7-12-20-29)30-21-13-8-14-22-30)34(28-38(4,5)6)36(31-23-15-9-16-24-31)32-25-17-10-18-26-32/h7-28H,1-6H3/b33-27-,34-28-. The van der Waals surface area contributed by atoms with E-state index in [0.29, 0.717) is 0 Å². The molecule has 0 fully saturated rings. The predicted octanol–water partition coefficient (Wildman–Crippen LogP) is 8.77. The van der Waals surface area contributed by atoms with Gasteiger partial charge in [-0.25, -0.2) is 0 Å². The van der Waals surface area contributed by atoms with E-state index in [4.69, 9.17) is 0 Å². The van der Waals surface area contributed by atoms with Crippen molar-refractivity contribution in [1.29, 1.82) is 0 Å². The van der Waals surface area contributed by atoms with Crippen LogP contribution < -0.4 is 21.2 Å². The molecule has 0 unspecified atom stereocenters. The van der Waals surface area contributed by atoms with Crippen molar-refractivity contribution in [3.05, 3.63) is 143 Å². The molecule has 38 heavy (non-hydrogen) atoms. The van der Waals surface area contributed by atoms with E-state index in [2.05, 4.69) is 172 Å². The van der Waals surface area contributed by atoms with Crippen LogP contribution in [0, 0.1) is 0 Å². The summed E-state index contributed by atoms with van der Waals surface area (Å²) in [5.41, 5.74) is 5.46. The molecule has 4 aromatic rings. The second-order valence-corrected chi connectivity index (χ2v) is 26.2. The van der Waals surface area contributed by atoms with Crippen molar-refractivity contribution in [1.82, 2.24) is 0 Å². The number of allylic oxidation sites excluding steroid dienone is 2. The molecule has 0 aromatic heterocycles. The molecule has 0 aliphatic heterocycles. The van der Waals surface area contributed by atoms with Gasteiger partial charge in [-0.1, -0.05) is 172 Å². The van der Waals surface area contributed by atoms with Crippen molar-refractivity contribution < 1.29 is 0 Å². The normalized spacial score (nSPS) is 13.3. The second-order valence-electron chi connectivity index (χ2n) is 11.8. The van der Waals surface area contributed by atoms with Crippen molar-refractivity contribution >= 4 is 53.2 Å². The Bertz CT molecular complexity index is 1160. The minimum atomic E-state index is -1.60. The molecule has 4 rings (SSSR count). The lowest BCUT2D eigenvalue weighted by molar-refractivity contribution is 1.67. The van der Waals surface area contributed by atoms with Gasteiger partial charge in [0.05, 0.1) is 16.1 Å². The van der Waals surface area contributed by atoms with E-state index in [1.165, 1.54) is 21.2 Å². The van der Waals surface area contributed by atoms with Crippen molar-refractivity contribution in [3.63, 3.8) is 0 Å². The molecule has 0 spiro atoms. The summed E-state index contributed by atoms with van der Waals surface area (Å²) in [4.78, 5) is 0. The molecule has 0 saturated carbocycles. The Balaban J connectivity index is 2.09. The van der Waals surface area contributed by atoms with Crippen LogP contribution in [0.25, 0.3) is 0 Å². The first kappa shape index (κ1) is 28.7. The Labute approximate surface area is 235 Å². The quantitative estimate of drug-likeness (QED) is 0.108. The maximum Gasteiger partial charge on any atom is 0.0695 e. The van der Waals surface area contributed by atoms with Crippen molar-refractivity contribution in [2.45, 2.75) is 39.3 Å². The topological polar surface area (TPSA) is 0 Å². The zero-order valence-electron chi connectivity index (χ0n) is 23.6. The summed E-state index contributed by atoms with van der Waals surface area (Å²) in [5.74, 6) is 0. The summed E-state index contributed by atoms with van der Waals surface area (Å²) < 4.78 is 0. The van der Waals surface area contributed by atoms with Crippen LogP contribution in [0.4, 0.5) is 0 Å². The number of hydrogen-bond acceptors (Lipinski definition) is 0. The van der Waals surface area contributed by atoms with Gasteiger partial charge in [0.15, 0.2) is 0 Å². The highest BCUT2D eigenvalue weighted by atomic mass is 31.1. The third-order valence-corrected chi connectivity index (χ3v) is 13.9. The molecular formula is C34H40P2Si2. The average Bonchev–Trinajstić information content (AvgIpc) is 2.89. The lowest BCUT2D eigenvalue weighted by atomic mass is 10.4. The highest BCUT2D eigenvalue weighted by Crippen LogP contribution is 2.58. The molecule has 4 aromatic carbocycles. The molecular weight excluding hydrogens is 526 g/mol. The molecule has 194 valence electrons. The minimum Gasteiger partial charge on any atom is -0.0862 e. The first-order valence-corrected chi connectivity index (χ1v) is 23.2. The largest absolute Gasteiger partial charge is 0.0862 e. The summed E-state index contributed by atoms with van der Waals surface area (Å²) in [6.07, 6.45) is 0. The first-order valence-electron chi connectivity index (χ1n) is 13.4. The fourth-order valence-corrected chi connectivity index (χ4v) is 14.8. The smallest absolute Gasteiger partial charge is 0.0695 e. The Hall–Kier alpha value is -2.35. The van der Waals surface area contributed by atoms with E-state index < -0.39 is 32.0 Å². The summed E-state index contributed by atoms with van der Waals surface area (Å²) in [6.45, 7) is 14.9. The van der Waals surface area contributed by atoms with Gasteiger partial charge in [-0.05, 0) is 47.7 Å². The van der Waals surface area contributed by atoms with Crippen LogP contribution in [0.1, 0.15) is 0 Å². The average molecular weight is 567 g/mol. The highest BCUT2D eigenvalue weighted by molar-refractivity contribution is 7.82. The maximum atomic E-state index is 2.73. The van der Waals surface area contributed by atoms with Crippen LogP contribution in [0.5, 0.6) is 0 Å². The summed E-state index contributed by atoms with van der Waals surface area (Å²) in [7, 11) is -4.63. The molecule has 0 N–H and O–H groups in total. The Kier molecular flexibility index (Phi) is 9.56. The van der Waals surface area contributed by atoms with Crippen molar-refractivity contribution in [3.8, 4) is 0 Å². The van der Waals surface area contributed by atoms with Crippen LogP contribution in [0.15, 0.2) is 143 Å². The van der Waals surface area contributed by atoms with Gasteiger partial charge >= 0.3 is 0 Å². The van der Waals surface area contributed by atoms with Gasteiger partial charge in [-0.2, -0.15) is 0 Å². The lowest BCUT2D eigenvalue weighted by Gasteiger charge is -2.33. The zero-order chi connectivity index (χ0) is 27.2. The third-order valence-electron chi connectivity index (χ3n) is 5.94. The van der Waals surface area contributed by atoms with Crippen LogP contribution in [0.3, 0.4) is 0 Å². The molecule has 0 bridgehead atoms. The van der Waals surface area contributed by atoms with E-state index in [9.17, 15) is 0 Å². The molecule has 0 saturated heterocycles. The fraction of sp³-hybridized carbons (Fsp3) is 0.176. The number of hydrogen-bond donors (Lipinski definition) is 0. The second kappa shape index (κ2) is 12.7. The number of benzene rings is 4. The van der Waals surface area contributed by atoms with Gasteiger partial charge < -0.3 is 0 Å². The maximum absolute atomic E-state index is 2.73. The molecule has 0 nitrogen and oxygen atoms in total. The van der Waals surface area contributed by atoms with Crippen molar-refractivity contribution in [2.75, 3.05) is 0 Å². The molecule has 0 atom stereocenters. The molecule has 0 aliphatic rings. The summed E-state index contributed by atoms with van der Waals surface area (Å²) in [6, 6.07) is 45.0. The van der Waals surface area contributed by atoms with Gasteiger partial charge in [-0.3, -0.25) is 0 Å². The summed E-state index contributed by atoms with van der Waals surface area (Å²) in [5, 5.41) is 8.84. The van der Waals surface area contributed by atoms with Gasteiger partial charge in [0.1, 0.15) is 0 Å². The monoisotopic (exact) mass is 566 g/mol. The van der Waals surface area contributed by atoms with E-state index >= 15 is 0 Å². The van der Waals surface area contributed by atoms with Gasteiger partial charge in [0, 0.05) is 0 Å². The Morgan fingerprint density at radius 3 is 0.789 bits per heavy atom. The van der Waals surface area contributed by atoms with E-state index in [1.54, 1.807) is 10.6 Å². The van der Waals surface area contributed by atoms with Gasteiger partial charge in [0.25, 0.3) is 0 Å². The zero-order valence-corrected chi connectivity index (χ0v) is 27.4. The summed E-state index contributed by atoms with van der Waals surface area (Å²) >= 11 is 0. The molecule has 0 radical (unpaired) electrons. The van der Waals surface area contributed by atoms with E-state index in [1.807, 2.05) is 0 Å². The molecule has 0 heterocycles. The van der Waals surface area contributed by atoms with Crippen LogP contribution in [-0.4, -0.2) is 16.1 Å². The Morgan fingerprint density at radius 1 is 0.395 bits per heavy atom.